The fraction of sp³-hybridized carbons (Fsp3) is 0.314. The molecule has 0 bridgehead atoms. The minimum absolute atomic E-state index is 0.142. The van der Waals surface area contributed by atoms with E-state index in [1.54, 1.807) is 12.4 Å². The van der Waals surface area contributed by atoms with Gasteiger partial charge >= 0.3 is 0 Å². The maximum Gasteiger partial charge on any atom is 0.268 e. The molecule has 0 atom stereocenters. The van der Waals surface area contributed by atoms with E-state index in [0.717, 1.165) is 77.3 Å². The van der Waals surface area contributed by atoms with Crippen molar-refractivity contribution in [2.45, 2.75) is 33.0 Å². The van der Waals surface area contributed by atoms with Crippen LogP contribution >= 0.6 is 23.2 Å². The Bertz CT molecular complexity index is 1790. The van der Waals surface area contributed by atoms with E-state index in [9.17, 15) is 9.90 Å². The fourth-order valence-corrected chi connectivity index (χ4v) is 6.52. The third kappa shape index (κ3) is 6.81. The second kappa shape index (κ2) is 13.8. The van der Waals surface area contributed by atoms with Crippen LogP contribution in [0, 0.1) is 0 Å². The van der Waals surface area contributed by atoms with Crippen LogP contribution in [0.5, 0.6) is 0 Å². The van der Waals surface area contributed by atoms with Gasteiger partial charge in [0.15, 0.2) is 0 Å². The number of carbonyl (C=O) groups is 1. The lowest BCUT2D eigenvalue weighted by Crippen LogP contribution is -2.50. The number of nitrogens with one attached hydrogen (secondary N) is 2. The molecule has 3 aromatic carbocycles. The number of piperazine rings is 1. The lowest BCUT2D eigenvalue weighted by molar-refractivity contribution is 0.0917. The Labute approximate surface area is 273 Å². The third-order valence-corrected chi connectivity index (χ3v) is 9.11. The maximum absolute atomic E-state index is 14.0. The number of benzene rings is 3. The van der Waals surface area contributed by atoms with Crippen molar-refractivity contribution < 1.29 is 9.90 Å². The van der Waals surface area contributed by atoms with E-state index in [4.69, 9.17) is 28.2 Å². The molecule has 10 heteroatoms. The first-order valence-corrected chi connectivity index (χ1v) is 16.1. The number of carbonyl (C=O) groups excluding carboxylic acids is 1. The molecule has 3 N–H and O–H groups in total. The van der Waals surface area contributed by atoms with Crippen molar-refractivity contribution in [3.05, 3.63) is 99.9 Å². The zero-order valence-electron chi connectivity index (χ0n) is 25.6. The molecule has 6 rings (SSSR count). The van der Waals surface area contributed by atoms with Crippen LogP contribution in [0.25, 0.3) is 33.4 Å². The molecule has 0 saturated carbocycles. The van der Waals surface area contributed by atoms with E-state index in [1.165, 1.54) is 0 Å². The Hall–Kier alpha value is -3.66. The van der Waals surface area contributed by atoms with Gasteiger partial charge in [-0.3, -0.25) is 14.6 Å². The smallest absolute Gasteiger partial charge is 0.268 e. The molecule has 1 saturated heterocycles. The lowest BCUT2D eigenvalue weighted by Gasteiger charge is -2.36. The number of hydrogen-bond donors (Lipinski definition) is 3. The summed E-state index contributed by atoms with van der Waals surface area (Å²) < 4.78 is 2.03. The minimum atomic E-state index is -0.188. The number of aromatic nitrogens is 3. The highest BCUT2D eigenvalue weighted by Crippen LogP contribution is 2.39. The summed E-state index contributed by atoms with van der Waals surface area (Å²) in [7, 11) is 0. The van der Waals surface area contributed by atoms with E-state index in [1.807, 2.05) is 65.2 Å². The van der Waals surface area contributed by atoms with Gasteiger partial charge in [-0.1, -0.05) is 65.7 Å². The van der Waals surface area contributed by atoms with Gasteiger partial charge in [0, 0.05) is 83.9 Å². The molecule has 0 unspecified atom stereocenters. The molecule has 45 heavy (non-hydrogen) atoms. The van der Waals surface area contributed by atoms with Crippen LogP contribution in [-0.2, 0) is 13.2 Å². The van der Waals surface area contributed by atoms with Gasteiger partial charge in [0.2, 0.25) is 0 Å². The summed E-state index contributed by atoms with van der Waals surface area (Å²) in [6.45, 7) is 10.1. The first kappa shape index (κ1) is 31.3. The van der Waals surface area contributed by atoms with Crippen LogP contribution in [0.15, 0.2) is 73.1 Å². The molecule has 1 aliphatic rings. The molecule has 8 nitrogen and oxygen atoms in total. The normalized spacial score (nSPS) is 14.4. The van der Waals surface area contributed by atoms with Crippen molar-refractivity contribution in [3.8, 4) is 22.5 Å². The molecule has 1 fully saturated rings. The summed E-state index contributed by atoms with van der Waals surface area (Å²) in [5.41, 5.74) is 6.09. The van der Waals surface area contributed by atoms with Crippen LogP contribution in [0.4, 0.5) is 0 Å². The standard InChI is InChI=1S/C35H38Cl2N6O2/c1-23(2)42-16-14-41(15-17-42)13-12-38-35(45)33-31(29-11-10-28(37)19-30(29)40-33)34-32(24-6-4-3-5-7-24)39-22-43(34)20-25-8-9-27(36)18-26(25)21-44/h3-11,18-19,22-23,40,44H,12-17,20-21H2,1-2H3,(H,38,45). The van der Waals surface area contributed by atoms with Crippen LogP contribution in [0.1, 0.15) is 35.5 Å². The van der Waals surface area contributed by atoms with Crippen molar-refractivity contribution in [2.75, 3.05) is 39.3 Å². The zero-order valence-corrected chi connectivity index (χ0v) is 27.1. The fourth-order valence-electron chi connectivity index (χ4n) is 6.16. The van der Waals surface area contributed by atoms with Crippen LogP contribution in [0.2, 0.25) is 10.0 Å². The zero-order chi connectivity index (χ0) is 31.5. The van der Waals surface area contributed by atoms with Gasteiger partial charge in [-0.25, -0.2) is 4.98 Å². The Morgan fingerprint density at radius 3 is 2.44 bits per heavy atom. The van der Waals surface area contributed by atoms with E-state index < -0.39 is 0 Å². The highest BCUT2D eigenvalue weighted by molar-refractivity contribution is 6.31. The number of aliphatic hydroxyl groups is 1. The van der Waals surface area contributed by atoms with Gasteiger partial charge < -0.3 is 20.0 Å². The molecule has 1 amide bonds. The summed E-state index contributed by atoms with van der Waals surface area (Å²) in [6.07, 6.45) is 1.79. The number of rotatable bonds is 10. The molecule has 1 aliphatic heterocycles. The number of imidazole rings is 1. The van der Waals surface area contributed by atoms with Crippen molar-refractivity contribution >= 4 is 40.0 Å². The lowest BCUT2D eigenvalue weighted by atomic mass is 10.0. The second-order valence-electron chi connectivity index (χ2n) is 11.8. The number of H-pyrrole nitrogens is 1. The summed E-state index contributed by atoms with van der Waals surface area (Å²) in [6, 6.07) is 21.6. The number of halogens is 2. The van der Waals surface area contributed by atoms with Gasteiger partial charge in [0.05, 0.1) is 24.3 Å². The average molecular weight is 646 g/mol. The summed E-state index contributed by atoms with van der Waals surface area (Å²) in [4.78, 5) is 27.1. The monoisotopic (exact) mass is 644 g/mol. The summed E-state index contributed by atoms with van der Waals surface area (Å²) in [5.74, 6) is -0.188. The molecular formula is C35H38Cl2N6O2. The SMILES string of the molecule is CC(C)N1CCN(CCNC(=O)c2[nH]c3cc(Cl)ccc3c2-c2c(-c3ccccc3)ncn2Cc2ccc(Cl)cc2CO)CC1. The summed E-state index contributed by atoms with van der Waals surface area (Å²) in [5, 5.41) is 15.3. The first-order chi connectivity index (χ1) is 21.8. The maximum atomic E-state index is 14.0. The quantitative estimate of drug-likeness (QED) is 0.166. The first-order valence-electron chi connectivity index (χ1n) is 15.4. The average Bonchev–Trinajstić information content (AvgIpc) is 3.63. The molecule has 2 aromatic heterocycles. The van der Waals surface area contributed by atoms with Gasteiger partial charge in [0.25, 0.3) is 5.91 Å². The summed E-state index contributed by atoms with van der Waals surface area (Å²) >= 11 is 12.7. The largest absolute Gasteiger partial charge is 0.392 e. The second-order valence-corrected chi connectivity index (χ2v) is 12.7. The van der Waals surface area contributed by atoms with E-state index in [0.29, 0.717) is 34.9 Å². The molecule has 3 heterocycles. The number of hydrogen-bond acceptors (Lipinski definition) is 5. The van der Waals surface area contributed by atoms with Crippen LogP contribution in [-0.4, -0.2) is 80.7 Å². The van der Waals surface area contributed by atoms with Gasteiger partial charge in [0.1, 0.15) is 5.69 Å². The van der Waals surface area contributed by atoms with Gasteiger partial charge in [-0.15, -0.1) is 0 Å². The van der Waals surface area contributed by atoms with E-state index in [-0.39, 0.29) is 12.5 Å². The molecular weight excluding hydrogens is 607 g/mol. The molecule has 0 aliphatic carbocycles. The molecule has 234 valence electrons. The Morgan fingerprint density at radius 2 is 1.71 bits per heavy atom. The van der Waals surface area contributed by atoms with E-state index >= 15 is 0 Å². The van der Waals surface area contributed by atoms with Crippen molar-refractivity contribution in [3.63, 3.8) is 0 Å². The predicted octanol–water partition coefficient (Wildman–Crippen LogP) is 6.30. The number of aromatic amines is 1. The van der Waals surface area contributed by atoms with Crippen LogP contribution < -0.4 is 5.32 Å². The predicted molar refractivity (Wildman–Crippen MR) is 182 cm³/mol. The molecule has 0 spiro atoms. The molecule has 0 radical (unpaired) electrons. The Morgan fingerprint density at radius 1 is 0.978 bits per heavy atom. The highest BCUT2D eigenvalue weighted by Gasteiger charge is 2.26. The Balaban J connectivity index is 1.38. The number of amides is 1. The highest BCUT2D eigenvalue weighted by atomic mass is 35.5. The number of aliphatic hydroxyl groups excluding tert-OH is 1. The third-order valence-electron chi connectivity index (χ3n) is 8.64. The van der Waals surface area contributed by atoms with Crippen molar-refractivity contribution in [1.82, 2.24) is 29.7 Å². The Kier molecular flexibility index (Phi) is 9.58. The number of nitrogens with zero attached hydrogens (tertiary/aromatic N) is 4. The van der Waals surface area contributed by atoms with Crippen molar-refractivity contribution in [2.24, 2.45) is 0 Å². The van der Waals surface area contributed by atoms with Gasteiger partial charge in [-0.2, -0.15) is 0 Å². The number of fused-ring (bicyclic) bond motifs is 1. The van der Waals surface area contributed by atoms with Crippen LogP contribution in [0.3, 0.4) is 0 Å². The topological polar surface area (TPSA) is 89.4 Å². The van der Waals surface area contributed by atoms with Gasteiger partial charge in [-0.05, 0) is 49.2 Å². The van der Waals surface area contributed by atoms with Crippen molar-refractivity contribution in [1.29, 1.82) is 0 Å². The molecule has 5 aromatic rings. The van der Waals surface area contributed by atoms with E-state index in [2.05, 4.69) is 33.9 Å². The minimum Gasteiger partial charge on any atom is -0.392 e.